The number of hydrogen-bond donors (Lipinski definition) is 1. The molecule has 0 aromatic heterocycles. The third kappa shape index (κ3) is 3.06. The molecule has 0 amide bonds. The van der Waals surface area contributed by atoms with Gasteiger partial charge in [-0.3, -0.25) is 0 Å². The van der Waals surface area contributed by atoms with Crippen molar-refractivity contribution in [3.05, 3.63) is 34.3 Å². The monoisotopic (exact) mass is 283 g/mol. The molecule has 0 bridgehead atoms. The highest BCUT2D eigenvalue weighted by atomic mass is 79.9. The Bertz CT molecular complexity index is 352. The maximum atomic E-state index is 10.1. The molecule has 0 aliphatic heterocycles. The highest BCUT2D eigenvalue weighted by Gasteiger charge is 2.26. The fraction of sp³-hybridized carbons (Fsp3) is 0.538. The molecule has 1 atom stereocenters. The van der Waals surface area contributed by atoms with Gasteiger partial charge in [-0.05, 0) is 37.9 Å². The quantitative estimate of drug-likeness (QED) is 0.898. The molecule has 1 aromatic carbocycles. The van der Waals surface area contributed by atoms with E-state index in [2.05, 4.69) is 27.9 Å². The number of rotatable bonds is 5. The zero-order valence-electron chi connectivity index (χ0n) is 9.56. The maximum absolute atomic E-state index is 10.1. The SMILES string of the molecule is CN(CCC(O)c1ccccc1Br)C1CC1. The fourth-order valence-electron chi connectivity index (χ4n) is 1.92. The fourth-order valence-corrected chi connectivity index (χ4v) is 2.47. The average Bonchev–Trinajstić information content (AvgIpc) is 3.10. The lowest BCUT2D eigenvalue weighted by atomic mass is 10.1. The Morgan fingerprint density at radius 1 is 1.44 bits per heavy atom. The van der Waals surface area contributed by atoms with Gasteiger partial charge in [0, 0.05) is 17.1 Å². The van der Waals surface area contributed by atoms with Crippen molar-refractivity contribution in [2.45, 2.75) is 31.4 Å². The van der Waals surface area contributed by atoms with Crippen molar-refractivity contribution in [1.29, 1.82) is 0 Å². The number of aliphatic hydroxyl groups excluding tert-OH is 1. The Morgan fingerprint density at radius 3 is 2.75 bits per heavy atom. The Balaban J connectivity index is 1.87. The van der Waals surface area contributed by atoms with Crippen molar-refractivity contribution >= 4 is 15.9 Å². The van der Waals surface area contributed by atoms with Crippen LogP contribution in [-0.4, -0.2) is 29.6 Å². The Morgan fingerprint density at radius 2 is 2.12 bits per heavy atom. The summed E-state index contributed by atoms with van der Waals surface area (Å²) < 4.78 is 0.997. The highest BCUT2D eigenvalue weighted by Crippen LogP contribution is 2.28. The van der Waals surface area contributed by atoms with Gasteiger partial charge in [-0.15, -0.1) is 0 Å². The molecule has 1 aromatic rings. The second-order valence-corrected chi connectivity index (χ2v) is 5.39. The first-order valence-electron chi connectivity index (χ1n) is 5.81. The molecular weight excluding hydrogens is 266 g/mol. The minimum atomic E-state index is -0.364. The highest BCUT2D eigenvalue weighted by molar-refractivity contribution is 9.10. The molecule has 1 unspecified atom stereocenters. The second kappa shape index (κ2) is 5.30. The zero-order chi connectivity index (χ0) is 11.5. The van der Waals surface area contributed by atoms with E-state index in [9.17, 15) is 5.11 Å². The molecule has 2 rings (SSSR count). The first-order chi connectivity index (χ1) is 7.68. The van der Waals surface area contributed by atoms with E-state index in [1.807, 2.05) is 24.3 Å². The van der Waals surface area contributed by atoms with Gasteiger partial charge in [-0.1, -0.05) is 34.1 Å². The van der Waals surface area contributed by atoms with Crippen LogP contribution in [0.3, 0.4) is 0 Å². The lowest BCUT2D eigenvalue weighted by molar-refractivity contribution is 0.147. The molecular formula is C13H18BrNO. The number of aliphatic hydroxyl groups is 1. The number of nitrogens with zero attached hydrogens (tertiary/aromatic N) is 1. The summed E-state index contributed by atoms with van der Waals surface area (Å²) in [6, 6.07) is 8.66. The molecule has 1 aliphatic rings. The lowest BCUT2D eigenvalue weighted by Crippen LogP contribution is -2.23. The maximum Gasteiger partial charge on any atom is 0.0813 e. The molecule has 3 heteroatoms. The molecule has 1 fully saturated rings. The molecule has 1 aliphatic carbocycles. The van der Waals surface area contributed by atoms with Crippen molar-refractivity contribution in [3.63, 3.8) is 0 Å². The first-order valence-corrected chi connectivity index (χ1v) is 6.60. The summed E-state index contributed by atoms with van der Waals surface area (Å²) in [7, 11) is 2.14. The average molecular weight is 284 g/mol. The van der Waals surface area contributed by atoms with Crippen LogP contribution < -0.4 is 0 Å². The smallest absolute Gasteiger partial charge is 0.0813 e. The third-order valence-electron chi connectivity index (χ3n) is 3.19. The number of halogens is 1. The van der Waals surface area contributed by atoms with Crippen LogP contribution >= 0.6 is 15.9 Å². The second-order valence-electron chi connectivity index (χ2n) is 4.54. The van der Waals surface area contributed by atoms with Crippen molar-refractivity contribution < 1.29 is 5.11 Å². The van der Waals surface area contributed by atoms with Crippen LogP contribution in [0.1, 0.15) is 30.9 Å². The van der Waals surface area contributed by atoms with Gasteiger partial charge in [0.25, 0.3) is 0 Å². The van der Waals surface area contributed by atoms with Gasteiger partial charge in [-0.2, -0.15) is 0 Å². The van der Waals surface area contributed by atoms with E-state index in [0.717, 1.165) is 29.0 Å². The normalized spacial score (nSPS) is 17.8. The predicted molar refractivity (Wildman–Crippen MR) is 69.4 cm³/mol. The van der Waals surface area contributed by atoms with Gasteiger partial charge in [0.15, 0.2) is 0 Å². The van der Waals surface area contributed by atoms with Gasteiger partial charge >= 0.3 is 0 Å². The zero-order valence-corrected chi connectivity index (χ0v) is 11.2. The molecule has 1 saturated carbocycles. The van der Waals surface area contributed by atoms with E-state index in [1.54, 1.807) is 0 Å². The standard InChI is InChI=1S/C13H18BrNO/c1-15(10-6-7-10)9-8-13(16)11-4-2-3-5-12(11)14/h2-5,10,13,16H,6-9H2,1H3. The van der Waals surface area contributed by atoms with Gasteiger partial charge in [0.05, 0.1) is 6.10 Å². The van der Waals surface area contributed by atoms with E-state index >= 15 is 0 Å². The summed E-state index contributed by atoms with van der Waals surface area (Å²) in [6.07, 6.45) is 3.08. The van der Waals surface area contributed by atoms with Crippen LogP contribution in [0.5, 0.6) is 0 Å². The van der Waals surface area contributed by atoms with Crippen molar-refractivity contribution in [3.8, 4) is 0 Å². The first kappa shape index (κ1) is 12.1. The lowest BCUT2D eigenvalue weighted by Gasteiger charge is -2.19. The molecule has 0 radical (unpaired) electrons. The van der Waals surface area contributed by atoms with Crippen molar-refractivity contribution in [2.24, 2.45) is 0 Å². The molecule has 1 N–H and O–H groups in total. The van der Waals surface area contributed by atoms with E-state index in [1.165, 1.54) is 12.8 Å². The molecule has 16 heavy (non-hydrogen) atoms. The predicted octanol–water partition coefficient (Wildman–Crippen LogP) is 2.97. The summed E-state index contributed by atoms with van der Waals surface area (Å²) in [5, 5.41) is 10.1. The van der Waals surface area contributed by atoms with Crippen LogP contribution in [0.25, 0.3) is 0 Å². The largest absolute Gasteiger partial charge is 0.388 e. The van der Waals surface area contributed by atoms with Gasteiger partial charge in [0.1, 0.15) is 0 Å². The minimum Gasteiger partial charge on any atom is -0.388 e. The van der Waals surface area contributed by atoms with Crippen LogP contribution in [0.15, 0.2) is 28.7 Å². The van der Waals surface area contributed by atoms with Crippen molar-refractivity contribution in [2.75, 3.05) is 13.6 Å². The Kier molecular flexibility index (Phi) is 4.00. The number of benzene rings is 1. The molecule has 0 spiro atoms. The Hall–Kier alpha value is -0.380. The molecule has 0 saturated heterocycles. The van der Waals surface area contributed by atoms with E-state index in [0.29, 0.717) is 0 Å². The van der Waals surface area contributed by atoms with E-state index in [-0.39, 0.29) is 6.10 Å². The van der Waals surface area contributed by atoms with Gasteiger partial charge < -0.3 is 10.0 Å². The molecule has 0 heterocycles. The van der Waals surface area contributed by atoms with Gasteiger partial charge in [0.2, 0.25) is 0 Å². The van der Waals surface area contributed by atoms with Crippen LogP contribution in [0.4, 0.5) is 0 Å². The summed E-state index contributed by atoms with van der Waals surface area (Å²) in [5.41, 5.74) is 0.992. The third-order valence-corrected chi connectivity index (χ3v) is 3.91. The van der Waals surface area contributed by atoms with Crippen LogP contribution in [0.2, 0.25) is 0 Å². The van der Waals surface area contributed by atoms with Crippen LogP contribution in [-0.2, 0) is 0 Å². The van der Waals surface area contributed by atoms with E-state index < -0.39 is 0 Å². The molecule has 2 nitrogen and oxygen atoms in total. The summed E-state index contributed by atoms with van der Waals surface area (Å²) in [6.45, 7) is 0.965. The summed E-state index contributed by atoms with van der Waals surface area (Å²) in [5.74, 6) is 0. The molecule has 88 valence electrons. The number of hydrogen-bond acceptors (Lipinski definition) is 2. The summed E-state index contributed by atoms with van der Waals surface area (Å²) >= 11 is 3.47. The Labute approximate surface area is 105 Å². The topological polar surface area (TPSA) is 23.5 Å². The minimum absolute atomic E-state index is 0.364. The summed E-state index contributed by atoms with van der Waals surface area (Å²) in [4.78, 5) is 2.35. The van der Waals surface area contributed by atoms with E-state index in [4.69, 9.17) is 0 Å². The van der Waals surface area contributed by atoms with Gasteiger partial charge in [-0.25, -0.2) is 0 Å². The van der Waals surface area contributed by atoms with Crippen molar-refractivity contribution in [1.82, 2.24) is 4.90 Å². The van der Waals surface area contributed by atoms with Crippen LogP contribution in [0, 0.1) is 0 Å².